The molecule has 1 unspecified atom stereocenters. The third-order valence-electron chi connectivity index (χ3n) is 5.06. The van der Waals surface area contributed by atoms with E-state index in [0.717, 1.165) is 17.5 Å². The zero-order valence-corrected chi connectivity index (χ0v) is 18.2. The molecule has 0 bridgehead atoms. The molecule has 2 aromatic carbocycles. The van der Waals surface area contributed by atoms with Crippen LogP contribution in [0.15, 0.2) is 53.4 Å². The highest BCUT2D eigenvalue weighted by molar-refractivity contribution is 7.92. The van der Waals surface area contributed by atoms with Gasteiger partial charge in [-0.05, 0) is 55.2 Å². The minimum absolute atomic E-state index is 0.0790. The van der Waals surface area contributed by atoms with Crippen molar-refractivity contribution in [1.29, 1.82) is 0 Å². The SMILES string of the molecule is COC(CNS(=O)(=O)c1ccc(N2CCCCS2(=O)=O)cc1)c1ccccc1C. The van der Waals surface area contributed by atoms with E-state index in [1.54, 1.807) is 7.11 Å². The van der Waals surface area contributed by atoms with Crippen molar-refractivity contribution in [3.63, 3.8) is 0 Å². The van der Waals surface area contributed by atoms with Crippen molar-refractivity contribution in [3.8, 4) is 0 Å². The molecular weight excluding hydrogens is 412 g/mol. The summed E-state index contributed by atoms with van der Waals surface area (Å²) < 4.78 is 59.2. The van der Waals surface area contributed by atoms with E-state index < -0.39 is 26.2 Å². The number of benzene rings is 2. The smallest absolute Gasteiger partial charge is 0.240 e. The number of aryl methyl sites for hydroxylation is 1. The summed E-state index contributed by atoms with van der Waals surface area (Å²) in [6.45, 7) is 2.45. The molecule has 158 valence electrons. The third-order valence-corrected chi connectivity index (χ3v) is 8.37. The summed E-state index contributed by atoms with van der Waals surface area (Å²) >= 11 is 0. The Morgan fingerprint density at radius 1 is 1.10 bits per heavy atom. The molecule has 1 aliphatic heterocycles. The van der Waals surface area contributed by atoms with Gasteiger partial charge in [0.1, 0.15) is 0 Å². The number of nitrogens with one attached hydrogen (secondary N) is 1. The topological polar surface area (TPSA) is 92.8 Å². The van der Waals surface area contributed by atoms with Gasteiger partial charge < -0.3 is 4.74 Å². The van der Waals surface area contributed by atoms with Gasteiger partial charge in [-0.2, -0.15) is 0 Å². The van der Waals surface area contributed by atoms with Crippen LogP contribution >= 0.6 is 0 Å². The molecule has 0 amide bonds. The fourth-order valence-corrected chi connectivity index (χ4v) is 6.08. The first-order valence-electron chi connectivity index (χ1n) is 9.43. The van der Waals surface area contributed by atoms with Gasteiger partial charge in [-0.3, -0.25) is 4.31 Å². The molecule has 0 spiro atoms. The molecule has 9 heteroatoms. The standard InChI is InChI=1S/C20H26N2O5S2/c1-16-7-3-4-8-19(16)20(27-2)15-21-29(25,26)18-11-9-17(10-12-18)22-13-5-6-14-28(22,23)24/h3-4,7-12,20-21H,5-6,13-15H2,1-2H3. The Balaban J connectivity index is 1.73. The lowest BCUT2D eigenvalue weighted by Gasteiger charge is -2.28. The fourth-order valence-electron chi connectivity index (χ4n) is 3.41. The predicted octanol–water partition coefficient (Wildman–Crippen LogP) is 2.59. The number of rotatable bonds is 7. The molecule has 7 nitrogen and oxygen atoms in total. The van der Waals surface area contributed by atoms with Gasteiger partial charge >= 0.3 is 0 Å². The van der Waals surface area contributed by atoms with E-state index in [1.165, 1.54) is 28.6 Å². The normalized spacial score (nSPS) is 17.8. The van der Waals surface area contributed by atoms with Crippen molar-refractivity contribution in [3.05, 3.63) is 59.7 Å². The molecule has 1 aliphatic rings. The highest BCUT2D eigenvalue weighted by Gasteiger charge is 2.26. The van der Waals surface area contributed by atoms with Crippen LogP contribution in [0.25, 0.3) is 0 Å². The van der Waals surface area contributed by atoms with E-state index in [9.17, 15) is 16.8 Å². The van der Waals surface area contributed by atoms with E-state index in [1.807, 2.05) is 31.2 Å². The van der Waals surface area contributed by atoms with Crippen LogP contribution in [-0.4, -0.2) is 42.8 Å². The summed E-state index contributed by atoms with van der Waals surface area (Å²) in [5, 5.41) is 0. The zero-order valence-electron chi connectivity index (χ0n) is 16.5. The number of ether oxygens (including phenoxy) is 1. The summed E-state index contributed by atoms with van der Waals surface area (Å²) in [6, 6.07) is 13.6. The molecule has 1 N–H and O–H groups in total. The molecule has 1 saturated heterocycles. The van der Waals surface area contributed by atoms with Crippen LogP contribution in [0.1, 0.15) is 30.1 Å². The van der Waals surface area contributed by atoms with Crippen molar-refractivity contribution in [2.24, 2.45) is 0 Å². The molecule has 0 aliphatic carbocycles. The van der Waals surface area contributed by atoms with E-state index in [4.69, 9.17) is 4.74 Å². The summed E-state index contributed by atoms with van der Waals surface area (Å²) in [5.41, 5.74) is 2.42. The molecule has 3 rings (SSSR count). The van der Waals surface area contributed by atoms with Crippen LogP contribution < -0.4 is 9.03 Å². The quantitative estimate of drug-likeness (QED) is 0.717. The van der Waals surface area contributed by atoms with Gasteiger partial charge in [-0.25, -0.2) is 21.6 Å². The van der Waals surface area contributed by atoms with E-state index in [-0.39, 0.29) is 17.2 Å². The van der Waals surface area contributed by atoms with Crippen molar-refractivity contribution in [2.45, 2.75) is 30.8 Å². The Hall–Kier alpha value is -1.94. The minimum atomic E-state index is -3.76. The molecule has 0 aromatic heterocycles. The molecule has 1 fully saturated rings. The van der Waals surface area contributed by atoms with Crippen LogP contribution in [0.4, 0.5) is 5.69 Å². The first-order valence-corrected chi connectivity index (χ1v) is 12.5. The molecule has 29 heavy (non-hydrogen) atoms. The number of hydrogen-bond acceptors (Lipinski definition) is 5. The van der Waals surface area contributed by atoms with Crippen molar-refractivity contribution < 1.29 is 21.6 Å². The lowest BCUT2D eigenvalue weighted by Crippen LogP contribution is -2.37. The fraction of sp³-hybridized carbons (Fsp3) is 0.400. The predicted molar refractivity (Wildman–Crippen MR) is 113 cm³/mol. The van der Waals surface area contributed by atoms with Crippen molar-refractivity contribution in [1.82, 2.24) is 4.72 Å². The number of nitrogens with zero attached hydrogens (tertiary/aromatic N) is 1. The Morgan fingerprint density at radius 2 is 1.79 bits per heavy atom. The van der Waals surface area contributed by atoms with Gasteiger partial charge in [-0.1, -0.05) is 24.3 Å². The third kappa shape index (κ3) is 4.98. The van der Waals surface area contributed by atoms with Crippen LogP contribution in [0.2, 0.25) is 0 Å². The Labute approximate surface area is 172 Å². The Bertz CT molecular complexity index is 1050. The first-order chi connectivity index (χ1) is 13.7. The largest absolute Gasteiger partial charge is 0.375 e. The maximum Gasteiger partial charge on any atom is 0.240 e. The zero-order chi connectivity index (χ0) is 21.1. The molecule has 1 atom stereocenters. The number of methoxy groups -OCH3 is 1. The molecule has 0 radical (unpaired) electrons. The van der Waals surface area contributed by atoms with Crippen LogP contribution in [-0.2, 0) is 24.8 Å². The maximum atomic E-state index is 12.7. The summed E-state index contributed by atoms with van der Waals surface area (Å²) in [5.74, 6) is 0.117. The van der Waals surface area contributed by atoms with Crippen molar-refractivity contribution >= 4 is 25.7 Å². The van der Waals surface area contributed by atoms with Crippen LogP contribution in [0.5, 0.6) is 0 Å². The number of hydrogen-bond donors (Lipinski definition) is 1. The summed E-state index contributed by atoms with van der Waals surface area (Å²) in [4.78, 5) is 0.0790. The first kappa shape index (κ1) is 21.8. The Kier molecular flexibility index (Phi) is 6.62. The van der Waals surface area contributed by atoms with E-state index >= 15 is 0 Å². The van der Waals surface area contributed by atoms with Gasteiger partial charge in [0.05, 0.1) is 22.4 Å². The van der Waals surface area contributed by atoms with Gasteiger partial charge in [0.15, 0.2) is 0 Å². The molecule has 1 heterocycles. The second-order valence-electron chi connectivity index (χ2n) is 7.02. The van der Waals surface area contributed by atoms with Crippen LogP contribution in [0.3, 0.4) is 0 Å². The second-order valence-corrected chi connectivity index (χ2v) is 10.8. The van der Waals surface area contributed by atoms with Gasteiger partial charge in [0.25, 0.3) is 0 Å². The number of sulfonamides is 2. The van der Waals surface area contributed by atoms with Crippen LogP contribution in [0, 0.1) is 6.92 Å². The van der Waals surface area contributed by atoms with Gasteiger partial charge in [0, 0.05) is 20.2 Å². The number of anilines is 1. The summed E-state index contributed by atoms with van der Waals surface area (Å²) in [6.07, 6.45) is 1.03. The molecule has 0 saturated carbocycles. The van der Waals surface area contributed by atoms with Gasteiger partial charge in [0.2, 0.25) is 20.0 Å². The lowest BCUT2D eigenvalue weighted by atomic mass is 10.0. The maximum absolute atomic E-state index is 12.7. The summed E-state index contributed by atoms with van der Waals surface area (Å²) in [7, 11) is -5.55. The van der Waals surface area contributed by atoms with Gasteiger partial charge in [-0.15, -0.1) is 0 Å². The Morgan fingerprint density at radius 3 is 2.41 bits per heavy atom. The average molecular weight is 439 g/mol. The lowest BCUT2D eigenvalue weighted by molar-refractivity contribution is 0.107. The molecular formula is C20H26N2O5S2. The minimum Gasteiger partial charge on any atom is -0.375 e. The monoisotopic (exact) mass is 438 g/mol. The average Bonchev–Trinajstić information content (AvgIpc) is 2.69. The highest BCUT2D eigenvalue weighted by atomic mass is 32.2. The van der Waals surface area contributed by atoms with E-state index in [0.29, 0.717) is 18.7 Å². The highest BCUT2D eigenvalue weighted by Crippen LogP contribution is 2.25. The molecule has 2 aromatic rings. The second kappa shape index (κ2) is 8.83. The van der Waals surface area contributed by atoms with E-state index in [2.05, 4.69) is 4.72 Å². The van der Waals surface area contributed by atoms with Crippen molar-refractivity contribution in [2.75, 3.05) is 30.3 Å².